The van der Waals surface area contributed by atoms with Crippen molar-refractivity contribution in [1.82, 2.24) is 4.90 Å². The molecule has 4 nitrogen and oxygen atoms in total. The summed E-state index contributed by atoms with van der Waals surface area (Å²) < 4.78 is 0. The highest BCUT2D eigenvalue weighted by Gasteiger charge is 2.21. The fraction of sp³-hybridized carbons (Fsp3) is 0.667. The molecule has 0 spiro atoms. The fourth-order valence-electron chi connectivity index (χ4n) is 1.44. The first-order valence-electron chi connectivity index (χ1n) is 4.32. The Kier molecular flexibility index (Phi) is 3.28. The lowest BCUT2D eigenvalue weighted by Crippen LogP contribution is -2.37. The van der Waals surface area contributed by atoms with E-state index >= 15 is 0 Å². The molecular weight excluding hydrogens is 166 g/mol. The highest BCUT2D eigenvalue weighted by Crippen LogP contribution is 2.16. The van der Waals surface area contributed by atoms with Gasteiger partial charge in [-0.25, -0.2) is 0 Å². The van der Waals surface area contributed by atoms with Crippen molar-refractivity contribution in [3.05, 3.63) is 0 Å². The van der Waals surface area contributed by atoms with Crippen molar-refractivity contribution in [3.63, 3.8) is 0 Å². The van der Waals surface area contributed by atoms with Crippen LogP contribution in [0, 0.1) is 28.6 Å². The largest absolute Gasteiger partial charge is 0.342 e. The molecule has 1 heterocycles. The summed E-state index contributed by atoms with van der Waals surface area (Å²) in [6.45, 7) is 1.25. The van der Waals surface area contributed by atoms with Gasteiger partial charge in [-0.3, -0.25) is 4.79 Å². The SMILES string of the molecule is N#CCC(=O)N1CCC(C#N)CC1. The molecule has 0 unspecified atom stereocenters. The topological polar surface area (TPSA) is 67.9 Å². The first-order chi connectivity index (χ1) is 6.27. The average molecular weight is 177 g/mol. The summed E-state index contributed by atoms with van der Waals surface area (Å²) in [5, 5.41) is 16.9. The van der Waals surface area contributed by atoms with Crippen molar-refractivity contribution in [2.24, 2.45) is 5.92 Å². The van der Waals surface area contributed by atoms with E-state index in [1.54, 1.807) is 4.90 Å². The molecule has 1 saturated heterocycles. The second-order valence-corrected chi connectivity index (χ2v) is 3.12. The van der Waals surface area contributed by atoms with Gasteiger partial charge in [0.1, 0.15) is 6.42 Å². The Balaban J connectivity index is 2.38. The maximum Gasteiger partial charge on any atom is 0.236 e. The first kappa shape index (κ1) is 9.54. The Hall–Kier alpha value is -1.55. The van der Waals surface area contributed by atoms with E-state index in [0.717, 1.165) is 12.8 Å². The quantitative estimate of drug-likeness (QED) is 0.591. The van der Waals surface area contributed by atoms with Crippen molar-refractivity contribution < 1.29 is 4.79 Å². The van der Waals surface area contributed by atoms with Crippen LogP contribution in [0.15, 0.2) is 0 Å². The molecule has 1 aliphatic heterocycles. The normalized spacial score (nSPS) is 17.5. The second-order valence-electron chi connectivity index (χ2n) is 3.12. The highest BCUT2D eigenvalue weighted by molar-refractivity contribution is 5.78. The molecule has 0 aliphatic carbocycles. The molecule has 13 heavy (non-hydrogen) atoms. The second kappa shape index (κ2) is 4.47. The molecule has 1 aliphatic rings. The van der Waals surface area contributed by atoms with Gasteiger partial charge in [-0.05, 0) is 12.8 Å². The molecule has 0 saturated carbocycles. The summed E-state index contributed by atoms with van der Waals surface area (Å²) in [5.41, 5.74) is 0. The van der Waals surface area contributed by atoms with Crippen molar-refractivity contribution in [1.29, 1.82) is 10.5 Å². The first-order valence-corrected chi connectivity index (χ1v) is 4.32. The summed E-state index contributed by atoms with van der Waals surface area (Å²) in [6.07, 6.45) is 1.44. The van der Waals surface area contributed by atoms with E-state index in [2.05, 4.69) is 6.07 Å². The van der Waals surface area contributed by atoms with Gasteiger partial charge in [0.2, 0.25) is 5.91 Å². The molecule has 0 aromatic rings. The lowest BCUT2D eigenvalue weighted by atomic mass is 9.98. The molecule has 0 aromatic carbocycles. The van der Waals surface area contributed by atoms with Gasteiger partial charge < -0.3 is 4.90 Å². The van der Waals surface area contributed by atoms with Crippen molar-refractivity contribution in [2.45, 2.75) is 19.3 Å². The Bertz CT molecular complexity index is 266. The zero-order chi connectivity index (χ0) is 9.68. The molecule has 4 heteroatoms. The number of amides is 1. The number of carbonyl (C=O) groups excluding carboxylic acids is 1. The fourth-order valence-corrected chi connectivity index (χ4v) is 1.44. The van der Waals surface area contributed by atoms with Crippen LogP contribution in [0.3, 0.4) is 0 Å². The Labute approximate surface area is 77.4 Å². The van der Waals surface area contributed by atoms with E-state index in [1.807, 2.05) is 6.07 Å². The molecule has 0 bridgehead atoms. The zero-order valence-corrected chi connectivity index (χ0v) is 7.36. The summed E-state index contributed by atoms with van der Waals surface area (Å²) in [5.74, 6) is -0.0231. The van der Waals surface area contributed by atoms with E-state index in [9.17, 15) is 4.79 Å². The molecule has 0 radical (unpaired) electrons. The Morgan fingerprint density at radius 1 is 1.38 bits per heavy atom. The molecule has 0 aromatic heterocycles. The van der Waals surface area contributed by atoms with Crippen LogP contribution < -0.4 is 0 Å². The lowest BCUT2D eigenvalue weighted by molar-refractivity contribution is -0.131. The molecule has 0 atom stereocenters. The van der Waals surface area contributed by atoms with Crippen LogP contribution in [0.25, 0.3) is 0 Å². The lowest BCUT2D eigenvalue weighted by Gasteiger charge is -2.28. The smallest absolute Gasteiger partial charge is 0.236 e. The third kappa shape index (κ3) is 2.45. The minimum absolute atomic E-state index is 0.0444. The summed E-state index contributed by atoms with van der Waals surface area (Å²) in [7, 11) is 0. The number of rotatable bonds is 1. The predicted molar refractivity (Wildman–Crippen MR) is 45.1 cm³/mol. The van der Waals surface area contributed by atoms with Gasteiger partial charge in [-0.1, -0.05) is 0 Å². The number of carbonyl (C=O) groups is 1. The Morgan fingerprint density at radius 2 is 2.00 bits per heavy atom. The monoisotopic (exact) mass is 177 g/mol. The third-order valence-electron chi connectivity index (χ3n) is 2.26. The van der Waals surface area contributed by atoms with Gasteiger partial charge in [-0.2, -0.15) is 10.5 Å². The minimum Gasteiger partial charge on any atom is -0.342 e. The van der Waals surface area contributed by atoms with Gasteiger partial charge in [0.05, 0.1) is 12.1 Å². The number of hydrogen-bond acceptors (Lipinski definition) is 3. The number of piperidine rings is 1. The number of hydrogen-bond donors (Lipinski definition) is 0. The van der Waals surface area contributed by atoms with Crippen molar-refractivity contribution in [3.8, 4) is 12.1 Å². The number of likely N-dealkylation sites (tertiary alicyclic amines) is 1. The van der Waals surface area contributed by atoms with Crippen LogP contribution in [0.1, 0.15) is 19.3 Å². The maximum atomic E-state index is 11.2. The number of nitrogens with zero attached hydrogens (tertiary/aromatic N) is 3. The Morgan fingerprint density at radius 3 is 2.46 bits per heavy atom. The van der Waals surface area contributed by atoms with Crippen LogP contribution in [0.2, 0.25) is 0 Å². The summed E-state index contributed by atoms with van der Waals surface area (Å²) in [6, 6.07) is 4.03. The van der Waals surface area contributed by atoms with Gasteiger partial charge in [0, 0.05) is 19.0 Å². The van der Waals surface area contributed by atoms with E-state index in [0.29, 0.717) is 13.1 Å². The number of nitriles is 2. The molecular formula is C9H11N3O. The summed E-state index contributed by atoms with van der Waals surface area (Å²) >= 11 is 0. The molecule has 1 fully saturated rings. The van der Waals surface area contributed by atoms with E-state index < -0.39 is 0 Å². The molecule has 0 N–H and O–H groups in total. The molecule has 1 amide bonds. The van der Waals surface area contributed by atoms with Crippen LogP contribution in [0.4, 0.5) is 0 Å². The van der Waals surface area contributed by atoms with Crippen LogP contribution in [-0.2, 0) is 4.79 Å². The third-order valence-corrected chi connectivity index (χ3v) is 2.26. The average Bonchev–Trinajstić information content (AvgIpc) is 2.18. The van der Waals surface area contributed by atoms with Crippen LogP contribution in [-0.4, -0.2) is 23.9 Å². The van der Waals surface area contributed by atoms with Gasteiger partial charge in [0.25, 0.3) is 0 Å². The van der Waals surface area contributed by atoms with Gasteiger partial charge >= 0.3 is 0 Å². The van der Waals surface area contributed by atoms with Crippen LogP contribution in [0.5, 0.6) is 0 Å². The van der Waals surface area contributed by atoms with Crippen LogP contribution >= 0.6 is 0 Å². The van der Waals surface area contributed by atoms with E-state index in [4.69, 9.17) is 10.5 Å². The minimum atomic E-state index is -0.112. The highest BCUT2D eigenvalue weighted by atomic mass is 16.2. The van der Waals surface area contributed by atoms with Gasteiger partial charge in [-0.15, -0.1) is 0 Å². The zero-order valence-electron chi connectivity index (χ0n) is 7.36. The molecule has 68 valence electrons. The van der Waals surface area contributed by atoms with Crippen molar-refractivity contribution in [2.75, 3.05) is 13.1 Å². The standard InChI is InChI=1S/C9H11N3O/c10-4-1-9(13)12-5-2-8(7-11)3-6-12/h8H,1-3,5-6H2. The predicted octanol–water partition coefficient (Wildman–Crippen LogP) is 0.662. The van der Waals surface area contributed by atoms with Crippen molar-refractivity contribution >= 4 is 5.91 Å². The van der Waals surface area contributed by atoms with E-state index in [-0.39, 0.29) is 18.2 Å². The molecule has 1 rings (SSSR count). The van der Waals surface area contributed by atoms with E-state index in [1.165, 1.54) is 0 Å². The maximum absolute atomic E-state index is 11.2. The summed E-state index contributed by atoms with van der Waals surface area (Å²) in [4.78, 5) is 12.9. The van der Waals surface area contributed by atoms with Gasteiger partial charge in [0.15, 0.2) is 0 Å².